The van der Waals surface area contributed by atoms with Crippen molar-refractivity contribution in [1.29, 1.82) is 0 Å². The largest absolute Gasteiger partial charge is 0.298 e. The van der Waals surface area contributed by atoms with Crippen LogP contribution in [-0.4, -0.2) is 23.5 Å². The lowest BCUT2D eigenvalue weighted by Gasteiger charge is -2.35. The molecule has 0 N–H and O–H groups in total. The van der Waals surface area contributed by atoms with Crippen molar-refractivity contribution < 1.29 is 0 Å². The molecule has 1 heterocycles. The van der Waals surface area contributed by atoms with Gasteiger partial charge in [-0.1, -0.05) is 33.1 Å². The van der Waals surface area contributed by atoms with Crippen molar-refractivity contribution >= 4 is 0 Å². The summed E-state index contributed by atoms with van der Waals surface area (Å²) in [5.41, 5.74) is 0.379. The zero-order valence-electron chi connectivity index (χ0n) is 9.60. The predicted molar refractivity (Wildman–Crippen MR) is 65.8 cm³/mol. The summed E-state index contributed by atoms with van der Waals surface area (Å²) in [6.45, 7) is 9.63. The van der Waals surface area contributed by atoms with Gasteiger partial charge < -0.3 is 0 Å². The highest BCUT2D eigenvalue weighted by Gasteiger charge is 2.20. The molecule has 0 aliphatic carbocycles. The van der Waals surface area contributed by atoms with E-state index >= 15 is 0 Å². The molecule has 0 aromatic heterocycles. The van der Waals surface area contributed by atoms with Crippen LogP contribution >= 0.6 is 0 Å². The molecular weight excluding hydrogens is 170 g/mol. The zero-order valence-corrected chi connectivity index (χ0v) is 9.60. The van der Waals surface area contributed by atoms with Crippen molar-refractivity contribution in [2.75, 3.05) is 13.1 Å². The fraction of sp³-hybridized carbons (Fsp3) is 1.00. The number of rotatable bonds is 0. The maximum absolute atomic E-state index is 2.65. The lowest BCUT2D eigenvalue weighted by Crippen LogP contribution is -2.42. The van der Waals surface area contributed by atoms with E-state index in [1.807, 2.05) is 0 Å². The van der Waals surface area contributed by atoms with Crippen LogP contribution in [0.5, 0.6) is 0 Å². The monoisotopic (exact) mass is 199 g/mol. The van der Waals surface area contributed by atoms with Gasteiger partial charge in [0.05, 0.1) is 0 Å². The van der Waals surface area contributed by atoms with Gasteiger partial charge in [0.25, 0.3) is 0 Å². The van der Waals surface area contributed by atoms with E-state index in [1.54, 1.807) is 0 Å². The Balaban J connectivity index is 0.00000169. The van der Waals surface area contributed by atoms with Crippen LogP contribution < -0.4 is 0 Å². The molecule has 86 valence electrons. The first-order valence-corrected chi connectivity index (χ1v) is 5.86. The Morgan fingerprint density at radius 2 is 1.07 bits per heavy atom. The van der Waals surface area contributed by atoms with E-state index in [2.05, 4.69) is 25.7 Å². The summed E-state index contributed by atoms with van der Waals surface area (Å²) in [6, 6.07) is 0. The second-order valence-corrected chi connectivity index (χ2v) is 5.28. The zero-order chi connectivity index (χ0) is 9.73. The van der Waals surface area contributed by atoms with E-state index in [9.17, 15) is 0 Å². The molecule has 0 bridgehead atoms. The van der Waals surface area contributed by atoms with Gasteiger partial charge in [0.1, 0.15) is 0 Å². The molecule has 14 heavy (non-hydrogen) atoms. The minimum atomic E-state index is 0. The van der Waals surface area contributed by atoms with Crippen LogP contribution in [0, 0.1) is 0 Å². The highest BCUT2D eigenvalue weighted by atomic mass is 15.2. The molecule has 1 heteroatoms. The summed E-state index contributed by atoms with van der Waals surface area (Å²) in [6.07, 6.45) is 8.59. The van der Waals surface area contributed by atoms with Gasteiger partial charge in [0.2, 0.25) is 0 Å². The van der Waals surface area contributed by atoms with Crippen LogP contribution in [0.15, 0.2) is 0 Å². The lowest BCUT2D eigenvalue weighted by atomic mass is 10.1. The normalized spacial score (nSPS) is 21.6. The Kier molecular flexibility index (Phi) is 6.43. The van der Waals surface area contributed by atoms with E-state index in [1.165, 1.54) is 51.6 Å². The number of nitrogens with zero attached hydrogens (tertiary/aromatic N) is 1. The van der Waals surface area contributed by atoms with E-state index in [4.69, 9.17) is 0 Å². The topological polar surface area (TPSA) is 3.24 Å². The summed E-state index contributed by atoms with van der Waals surface area (Å²) in [5.74, 6) is 0. The van der Waals surface area contributed by atoms with E-state index in [0.29, 0.717) is 5.54 Å². The van der Waals surface area contributed by atoms with Crippen LogP contribution in [0.2, 0.25) is 0 Å². The van der Waals surface area contributed by atoms with Gasteiger partial charge in [0.15, 0.2) is 0 Å². The molecular formula is C13H29N. The van der Waals surface area contributed by atoms with Gasteiger partial charge in [-0.05, 0) is 46.7 Å². The Hall–Kier alpha value is -0.0400. The second-order valence-electron chi connectivity index (χ2n) is 5.28. The van der Waals surface area contributed by atoms with Crippen LogP contribution in [0.3, 0.4) is 0 Å². The first-order chi connectivity index (χ1) is 6.11. The highest BCUT2D eigenvalue weighted by Crippen LogP contribution is 2.18. The summed E-state index contributed by atoms with van der Waals surface area (Å²) in [4.78, 5) is 2.65. The van der Waals surface area contributed by atoms with Crippen molar-refractivity contribution in [2.45, 2.75) is 72.3 Å². The third-order valence-corrected chi connectivity index (χ3v) is 3.05. The third-order valence-electron chi connectivity index (χ3n) is 3.05. The Morgan fingerprint density at radius 3 is 1.43 bits per heavy atom. The maximum atomic E-state index is 2.65. The molecule has 0 aromatic carbocycles. The fourth-order valence-electron chi connectivity index (χ4n) is 2.10. The number of hydrogen-bond acceptors (Lipinski definition) is 1. The average molecular weight is 199 g/mol. The van der Waals surface area contributed by atoms with Crippen molar-refractivity contribution in [3.63, 3.8) is 0 Å². The van der Waals surface area contributed by atoms with Crippen molar-refractivity contribution in [2.24, 2.45) is 0 Å². The smallest absolute Gasteiger partial charge is 0.0125 e. The summed E-state index contributed by atoms with van der Waals surface area (Å²) in [7, 11) is 0. The standard InChI is InChI=1S/C12H25N.CH4/c1-12(2,3)13-10-8-6-4-5-7-9-11-13;/h4-11H2,1-3H3;1H4. The van der Waals surface area contributed by atoms with Crippen molar-refractivity contribution in [1.82, 2.24) is 4.90 Å². The fourth-order valence-corrected chi connectivity index (χ4v) is 2.10. The minimum Gasteiger partial charge on any atom is -0.298 e. The van der Waals surface area contributed by atoms with Crippen LogP contribution in [0.1, 0.15) is 66.7 Å². The van der Waals surface area contributed by atoms with Gasteiger partial charge in [-0.15, -0.1) is 0 Å². The molecule has 0 spiro atoms. The molecule has 1 rings (SSSR count). The molecule has 1 aliphatic heterocycles. The molecule has 0 saturated carbocycles. The van der Waals surface area contributed by atoms with E-state index in [-0.39, 0.29) is 7.43 Å². The second kappa shape index (κ2) is 6.44. The first-order valence-electron chi connectivity index (χ1n) is 5.86. The Labute approximate surface area is 90.9 Å². The van der Waals surface area contributed by atoms with Gasteiger partial charge in [-0.3, -0.25) is 4.90 Å². The molecule has 0 unspecified atom stereocenters. The van der Waals surface area contributed by atoms with Crippen molar-refractivity contribution in [3.8, 4) is 0 Å². The van der Waals surface area contributed by atoms with Crippen LogP contribution in [0.4, 0.5) is 0 Å². The summed E-state index contributed by atoms with van der Waals surface area (Å²) >= 11 is 0. The van der Waals surface area contributed by atoms with Gasteiger partial charge in [-0.2, -0.15) is 0 Å². The maximum Gasteiger partial charge on any atom is 0.0125 e. The SMILES string of the molecule is C.CC(C)(C)N1CCCCCCCC1. The summed E-state index contributed by atoms with van der Waals surface area (Å²) in [5, 5.41) is 0. The van der Waals surface area contributed by atoms with Crippen LogP contribution in [-0.2, 0) is 0 Å². The van der Waals surface area contributed by atoms with Gasteiger partial charge >= 0.3 is 0 Å². The highest BCUT2D eigenvalue weighted by molar-refractivity contribution is 4.76. The third kappa shape index (κ3) is 4.99. The minimum absolute atomic E-state index is 0. The molecule has 1 aliphatic rings. The molecule has 1 fully saturated rings. The molecule has 0 aromatic rings. The lowest BCUT2D eigenvalue weighted by molar-refractivity contribution is 0.134. The van der Waals surface area contributed by atoms with Crippen LogP contribution in [0.25, 0.3) is 0 Å². The summed E-state index contributed by atoms with van der Waals surface area (Å²) < 4.78 is 0. The van der Waals surface area contributed by atoms with E-state index < -0.39 is 0 Å². The molecule has 0 atom stereocenters. The predicted octanol–water partition coefficient (Wildman–Crippen LogP) is 4.08. The van der Waals surface area contributed by atoms with E-state index in [0.717, 1.165) is 0 Å². The first kappa shape index (κ1) is 14.0. The van der Waals surface area contributed by atoms with Gasteiger partial charge in [0, 0.05) is 5.54 Å². The molecule has 0 amide bonds. The molecule has 1 saturated heterocycles. The molecule has 0 radical (unpaired) electrons. The molecule has 1 nitrogen and oxygen atoms in total. The Bertz CT molecular complexity index is 125. The van der Waals surface area contributed by atoms with Crippen molar-refractivity contribution in [3.05, 3.63) is 0 Å². The quantitative estimate of drug-likeness (QED) is 0.568. The van der Waals surface area contributed by atoms with Gasteiger partial charge in [-0.25, -0.2) is 0 Å². The number of hydrogen-bond donors (Lipinski definition) is 0. The Morgan fingerprint density at radius 1 is 0.714 bits per heavy atom. The average Bonchev–Trinajstić information content (AvgIpc) is 2.14.